The van der Waals surface area contributed by atoms with Gasteiger partial charge in [0, 0.05) is 36.9 Å². The van der Waals surface area contributed by atoms with Gasteiger partial charge in [-0.15, -0.1) is 11.3 Å². The van der Waals surface area contributed by atoms with Gasteiger partial charge in [-0.2, -0.15) is 0 Å². The molecule has 242 valence electrons. The summed E-state index contributed by atoms with van der Waals surface area (Å²) < 4.78 is 8.20. The van der Waals surface area contributed by atoms with Crippen molar-refractivity contribution in [3.05, 3.63) is 182 Å². The fourth-order valence-electron chi connectivity index (χ4n) is 8.64. The van der Waals surface area contributed by atoms with Crippen molar-refractivity contribution in [2.45, 2.75) is 0 Å². The van der Waals surface area contributed by atoms with Crippen molar-refractivity contribution >= 4 is 74.6 Å². The van der Waals surface area contributed by atoms with E-state index in [4.69, 9.17) is 4.42 Å². The summed E-state index contributed by atoms with van der Waals surface area (Å²) in [5.74, 6) is 0. The second kappa shape index (κ2) is 11.5. The smallest absolute Gasteiger partial charge is 0.0981 e. The highest BCUT2D eigenvalue weighted by atomic mass is 32.1. The number of rotatable bonds is 4. The van der Waals surface area contributed by atoms with Crippen LogP contribution in [0.5, 0.6) is 0 Å². The Kier molecular flexibility index (Phi) is 6.49. The summed E-state index contributed by atoms with van der Waals surface area (Å²) in [6.45, 7) is 0. The number of fused-ring (bicyclic) bond motifs is 7. The molecule has 0 saturated heterocycles. The molecule has 2 heteroatoms. The van der Waals surface area contributed by atoms with Gasteiger partial charge in [-0.3, -0.25) is 0 Å². The van der Waals surface area contributed by atoms with E-state index in [2.05, 4.69) is 170 Å². The molecule has 11 aromatic rings. The van der Waals surface area contributed by atoms with Gasteiger partial charge in [0.15, 0.2) is 0 Å². The standard InChI is InChI=1S/C50H30OS/c1-2-13-31(14-3-1)46-34-15-4-6-17-36(34)47(37-18-7-5-16-35(37)46)32-25-26-45-44(29-32)42-23-12-24-43(50(42)52-45)49-40-21-10-8-19-38(40)48(33-27-28-51-30-33)39-20-9-11-22-41(39)49/h1-30H. The molecule has 2 heterocycles. The van der Waals surface area contributed by atoms with Crippen LogP contribution < -0.4 is 0 Å². The van der Waals surface area contributed by atoms with Gasteiger partial charge in [0.2, 0.25) is 0 Å². The largest absolute Gasteiger partial charge is 0.472 e. The summed E-state index contributed by atoms with van der Waals surface area (Å²) in [5.41, 5.74) is 9.93. The molecule has 0 fully saturated rings. The van der Waals surface area contributed by atoms with Crippen molar-refractivity contribution in [3.8, 4) is 44.5 Å². The van der Waals surface area contributed by atoms with E-state index >= 15 is 0 Å². The third-order valence-electron chi connectivity index (χ3n) is 10.8. The fourth-order valence-corrected chi connectivity index (χ4v) is 9.85. The molecule has 9 aromatic carbocycles. The van der Waals surface area contributed by atoms with E-state index in [1.807, 2.05) is 17.6 Å². The first-order valence-electron chi connectivity index (χ1n) is 17.7. The lowest BCUT2D eigenvalue weighted by Gasteiger charge is -2.18. The molecule has 0 amide bonds. The molecule has 0 spiro atoms. The third kappa shape index (κ3) is 4.28. The monoisotopic (exact) mass is 678 g/mol. The zero-order valence-corrected chi connectivity index (χ0v) is 29.0. The minimum absolute atomic E-state index is 1.10. The Balaban J connectivity index is 1.18. The van der Waals surface area contributed by atoms with E-state index in [1.54, 1.807) is 6.26 Å². The van der Waals surface area contributed by atoms with Crippen molar-refractivity contribution in [3.63, 3.8) is 0 Å². The number of furan rings is 1. The lowest BCUT2D eigenvalue weighted by Crippen LogP contribution is -1.90. The minimum atomic E-state index is 1.10. The summed E-state index contributed by atoms with van der Waals surface area (Å²) in [6.07, 6.45) is 3.63. The summed E-state index contributed by atoms with van der Waals surface area (Å²) in [6, 6.07) is 62.4. The highest BCUT2D eigenvalue weighted by molar-refractivity contribution is 7.26. The fraction of sp³-hybridized carbons (Fsp3) is 0. The van der Waals surface area contributed by atoms with E-state index in [-0.39, 0.29) is 0 Å². The molecule has 11 rings (SSSR count). The predicted octanol–water partition coefficient (Wildman–Crippen LogP) is 14.9. The van der Waals surface area contributed by atoms with Crippen molar-refractivity contribution in [1.82, 2.24) is 0 Å². The Bertz CT molecular complexity index is 3050. The van der Waals surface area contributed by atoms with E-state index in [0.717, 1.165) is 5.56 Å². The van der Waals surface area contributed by atoms with E-state index in [9.17, 15) is 0 Å². The molecule has 0 radical (unpaired) electrons. The van der Waals surface area contributed by atoms with Crippen molar-refractivity contribution in [2.24, 2.45) is 0 Å². The molecular formula is C50H30OS. The second-order valence-corrected chi connectivity index (χ2v) is 14.6. The van der Waals surface area contributed by atoms with E-state index < -0.39 is 0 Å². The Morgan fingerprint density at radius 2 is 0.808 bits per heavy atom. The van der Waals surface area contributed by atoms with Crippen LogP contribution in [0.4, 0.5) is 0 Å². The first-order valence-corrected chi connectivity index (χ1v) is 18.6. The van der Waals surface area contributed by atoms with Crippen LogP contribution >= 0.6 is 11.3 Å². The topological polar surface area (TPSA) is 13.1 Å². The average molecular weight is 679 g/mol. The zero-order chi connectivity index (χ0) is 34.2. The molecule has 2 aromatic heterocycles. The number of hydrogen-bond acceptors (Lipinski definition) is 2. The second-order valence-electron chi connectivity index (χ2n) is 13.6. The summed E-state index contributed by atoms with van der Waals surface area (Å²) in [7, 11) is 0. The van der Waals surface area contributed by atoms with Crippen LogP contribution in [0.25, 0.3) is 108 Å². The van der Waals surface area contributed by atoms with Crippen LogP contribution in [0.1, 0.15) is 0 Å². The van der Waals surface area contributed by atoms with Gasteiger partial charge in [-0.05, 0) is 89.1 Å². The quantitative estimate of drug-likeness (QED) is 0.169. The number of benzene rings is 9. The molecule has 1 nitrogen and oxygen atoms in total. The first-order chi connectivity index (χ1) is 25.8. The summed E-state index contributed by atoms with van der Waals surface area (Å²) in [4.78, 5) is 0. The van der Waals surface area contributed by atoms with Gasteiger partial charge in [-0.25, -0.2) is 0 Å². The Morgan fingerprint density at radius 3 is 1.35 bits per heavy atom. The first kappa shape index (κ1) is 29.3. The highest BCUT2D eigenvalue weighted by Crippen LogP contribution is 2.49. The molecule has 0 atom stereocenters. The molecule has 0 saturated carbocycles. The molecule has 0 aliphatic carbocycles. The molecular weight excluding hydrogens is 649 g/mol. The lowest BCUT2D eigenvalue weighted by atomic mass is 9.85. The Morgan fingerprint density at radius 1 is 0.327 bits per heavy atom. The van der Waals surface area contributed by atoms with Crippen molar-refractivity contribution in [1.29, 1.82) is 0 Å². The number of hydrogen-bond donors (Lipinski definition) is 0. The lowest BCUT2D eigenvalue weighted by molar-refractivity contribution is 0.568. The normalized spacial score (nSPS) is 11.8. The van der Waals surface area contributed by atoms with Gasteiger partial charge in [0.25, 0.3) is 0 Å². The maximum Gasteiger partial charge on any atom is 0.0981 e. The summed E-state index contributed by atoms with van der Waals surface area (Å²) >= 11 is 1.90. The maximum atomic E-state index is 5.59. The van der Waals surface area contributed by atoms with E-state index in [1.165, 1.54) is 102 Å². The summed E-state index contributed by atoms with van der Waals surface area (Å²) in [5, 5.41) is 12.6. The molecule has 0 N–H and O–H groups in total. The third-order valence-corrected chi connectivity index (χ3v) is 12.0. The van der Waals surface area contributed by atoms with Crippen LogP contribution in [-0.2, 0) is 0 Å². The van der Waals surface area contributed by atoms with Crippen LogP contribution in [0, 0.1) is 0 Å². The Hall–Kier alpha value is -6.48. The number of thiophene rings is 1. The van der Waals surface area contributed by atoms with Crippen molar-refractivity contribution < 1.29 is 4.42 Å². The molecule has 0 aliphatic heterocycles. The SMILES string of the molecule is c1ccc(-c2c3ccccc3c(-c3ccc4sc5c(-c6c7ccccc7c(-c7ccoc7)c7ccccc67)cccc5c4c3)c3ccccc23)cc1. The minimum Gasteiger partial charge on any atom is -0.472 e. The van der Waals surface area contributed by atoms with Gasteiger partial charge in [0.1, 0.15) is 0 Å². The van der Waals surface area contributed by atoms with Crippen LogP contribution in [0.15, 0.2) is 187 Å². The van der Waals surface area contributed by atoms with Gasteiger partial charge >= 0.3 is 0 Å². The van der Waals surface area contributed by atoms with Crippen LogP contribution in [-0.4, -0.2) is 0 Å². The Labute approximate surface area is 304 Å². The average Bonchev–Trinajstić information content (AvgIpc) is 3.88. The van der Waals surface area contributed by atoms with Crippen LogP contribution in [0.2, 0.25) is 0 Å². The van der Waals surface area contributed by atoms with Gasteiger partial charge in [-0.1, -0.05) is 152 Å². The molecule has 0 unspecified atom stereocenters. The zero-order valence-electron chi connectivity index (χ0n) is 28.1. The molecule has 52 heavy (non-hydrogen) atoms. The van der Waals surface area contributed by atoms with Crippen LogP contribution in [0.3, 0.4) is 0 Å². The predicted molar refractivity (Wildman–Crippen MR) is 223 cm³/mol. The van der Waals surface area contributed by atoms with E-state index in [0.29, 0.717) is 0 Å². The van der Waals surface area contributed by atoms with Crippen molar-refractivity contribution in [2.75, 3.05) is 0 Å². The van der Waals surface area contributed by atoms with Gasteiger partial charge < -0.3 is 4.42 Å². The highest BCUT2D eigenvalue weighted by Gasteiger charge is 2.21. The maximum absolute atomic E-state index is 5.59. The molecule has 0 aliphatic rings. The molecule has 0 bridgehead atoms. The van der Waals surface area contributed by atoms with Gasteiger partial charge in [0.05, 0.1) is 12.5 Å².